The van der Waals surface area contributed by atoms with Gasteiger partial charge in [0, 0.05) is 24.1 Å². The van der Waals surface area contributed by atoms with Crippen molar-refractivity contribution in [3.05, 3.63) is 49.3 Å². The summed E-state index contributed by atoms with van der Waals surface area (Å²) >= 11 is 5.81. The molecule has 5 nitrogen and oxygen atoms in total. The lowest BCUT2D eigenvalue weighted by atomic mass is 10.1. The van der Waals surface area contributed by atoms with Gasteiger partial charge in [0.25, 0.3) is 11.2 Å². The zero-order valence-electron chi connectivity index (χ0n) is 9.23. The van der Waals surface area contributed by atoms with E-state index in [1.807, 2.05) is 0 Å². The monoisotopic (exact) mass is 252 g/mol. The largest absolute Gasteiger partial charge is 0.311 e. The van der Waals surface area contributed by atoms with Gasteiger partial charge in [-0.3, -0.25) is 14.9 Å². The number of aryl methyl sites for hydroxylation is 2. The van der Waals surface area contributed by atoms with E-state index in [0.717, 1.165) is 0 Å². The van der Waals surface area contributed by atoms with Gasteiger partial charge in [-0.25, -0.2) is 0 Å². The van der Waals surface area contributed by atoms with Crippen LogP contribution in [0.25, 0.3) is 10.9 Å². The Morgan fingerprint density at radius 3 is 2.59 bits per heavy atom. The van der Waals surface area contributed by atoms with Crippen molar-refractivity contribution < 1.29 is 4.92 Å². The molecule has 0 bridgehead atoms. The third kappa shape index (κ3) is 1.78. The summed E-state index contributed by atoms with van der Waals surface area (Å²) in [6.45, 7) is 1.67. The highest BCUT2D eigenvalue weighted by Crippen LogP contribution is 2.29. The zero-order valence-corrected chi connectivity index (χ0v) is 9.99. The normalized spacial score (nSPS) is 10.8. The van der Waals surface area contributed by atoms with Gasteiger partial charge in [0.15, 0.2) is 0 Å². The summed E-state index contributed by atoms with van der Waals surface area (Å²) in [5.74, 6) is 0. The van der Waals surface area contributed by atoms with Gasteiger partial charge in [-0.05, 0) is 19.1 Å². The number of nitro benzene ring substituents is 1. The first-order valence-corrected chi connectivity index (χ1v) is 5.24. The smallest absolute Gasteiger partial charge is 0.288 e. The molecule has 1 heterocycles. The van der Waals surface area contributed by atoms with Crippen molar-refractivity contribution >= 4 is 28.2 Å². The first-order chi connectivity index (χ1) is 7.91. The molecular formula is C11H9ClN2O3. The number of benzene rings is 1. The number of nitrogens with zero attached hydrogens (tertiary/aromatic N) is 2. The lowest BCUT2D eigenvalue weighted by Crippen LogP contribution is -2.19. The molecule has 1 aromatic heterocycles. The maximum absolute atomic E-state index is 11.7. The van der Waals surface area contributed by atoms with Crippen LogP contribution in [0.15, 0.2) is 23.0 Å². The van der Waals surface area contributed by atoms with E-state index < -0.39 is 4.92 Å². The Hall–Kier alpha value is -1.88. The van der Waals surface area contributed by atoms with Crippen molar-refractivity contribution in [1.82, 2.24) is 4.57 Å². The number of hydrogen-bond donors (Lipinski definition) is 0. The van der Waals surface area contributed by atoms with Crippen molar-refractivity contribution in [2.24, 2.45) is 7.05 Å². The second-order valence-electron chi connectivity index (χ2n) is 3.81. The highest BCUT2D eigenvalue weighted by atomic mass is 35.5. The highest BCUT2D eigenvalue weighted by molar-refractivity contribution is 6.33. The molecule has 0 N–H and O–H groups in total. The molecule has 0 amide bonds. The fourth-order valence-electron chi connectivity index (χ4n) is 1.78. The number of hydrogen-bond acceptors (Lipinski definition) is 3. The van der Waals surface area contributed by atoms with Crippen molar-refractivity contribution in [3.63, 3.8) is 0 Å². The van der Waals surface area contributed by atoms with E-state index in [4.69, 9.17) is 11.6 Å². The van der Waals surface area contributed by atoms with E-state index in [-0.39, 0.29) is 16.3 Å². The summed E-state index contributed by atoms with van der Waals surface area (Å²) in [5, 5.41) is 11.4. The van der Waals surface area contributed by atoms with Crippen LogP contribution in [0.1, 0.15) is 5.56 Å². The maximum atomic E-state index is 11.7. The summed E-state index contributed by atoms with van der Waals surface area (Å²) in [6, 6.07) is 4.45. The molecule has 0 saturated carbocycles. The first kappa shape index (κ1) is 11.6. The number of nitro groups is 1. The predicted octanol–water partition coefficient (Wildman–Crippen LogP) is 2.41. The number of pyridine rings is 1. The van der Waals surface area contributed by atoms with Crippen LogP contribution in [0.3, 0.4) is 0 Å². The highest BCUT2D eigenvalue weighted by Gasteiger charge is 2.15. The first-order valence-electron chi connectivity index (χ1n) is 4.86. The molecule has 2 rings (SSSR count). The van der Waals surface area contributed by atoms with Crippen LogP contribution < -0.4 is 5.56 Å². The number of rotatable bonds is 1. The second kappa shape index (κ2) is 3.85. The van der Waals surface area contributed by atoms with E-state index >= 15 is 0 Å². The van der Waals surface area contributed by atoms with Crippen LogP contribution in [0.5, 0.6) is 0 Å². The van der Waals surface area contributed by atoms with Crippen LogP contribution in [-0.2, 0) is 7.05 Å². The Bertz CT molecular complexity index is 691. The molecule has 0 aliphatic carbocycles. The van der Waals surface area contributed by atoms with Gasteiger partial charge in [-0.15, -0.1) is 0 Å². The summed E-state index contributed by atoms with van der Waals surface area (Å²) in [7, 11) is 1.61. The van der Waals surface area contributed by atoms with Crippen molar-refractivity contribution in [1.29, 1.82) is 0 Å². The number of halogens is 1. The molecular weight excluding hydrogens is 244 g/mol. The Morgan fingerprint density at radius 1 is 1.35 bits per heavy atom. The second-order valence-corrected chi connectivity index (χ2v) is 4.22. The standard InChI is InChI=1S/C11H9ClN2O3/c1-6-3-7-4-10(14(16)17)8(12)5-9(7)13(2)11(6)15/h3-5H,1-2H3. The molecule has 2 aromatic rings. The molecule has 0 spiro atoms. The van der Waals surface area contributed by atoms with Crippen LogP contribution in [0, 0.1) is 17.0 Å². The van der Waals surface area contributed by atoms with Gasteiger partial charge < -0.3 is 4.57 Å². The molecule has 0 fully saturated rings. The third-order valence-electron chi connectivity index (χ3n) is 2.67. The lowest BCUT2D eigenvalue weighted by molar-refractivity contribution is -0.384. The molecule has 6 heteroatoms. The zero-order chi connectivity index (χ0) is 12.7. The van der Waals surface area contributed by atoms with E-state index in [2.05, 4.69) is 0 Å². The number of fused-ring (bicyclic) bond motifs is 1. The van der Waals surface area contributed by atoms with E-state index in [0.29, 0.717) is 16.5 Å². The quantitative estimate of drug-likeness (QED) is 0.578. The lowest BCUT2D eigenvalue weighted by Gasteiger charge is -2.07. The summed E-state index contributed by atoms with van der Waals surface area (Å²) in [6.07, 6.45) is 0. The minimum atomic E-state index is -0.539. The minimum absolute atomic E-state index is 0.0290. The van der Waals surface area contributed by atoms with Crippen LogP contribution in [0.2, 0.25) is 5.02 Å². The summed E-state index contributed by atoms with van der Waals surface area (Å²) < 4.78 is 1.43. The van der Waals surface area contributed by atoms with E-state index in [1.54, 1.807) is 20.0 Å². The SMILES string of the molecule is Cc1cc2cc([N+](=O)[O-])c(Cl)cc2n(C)c1=O. The molecule has 0 radical (unpaired) electrons. The van der Waals surface area contributed by atoms with Gasteiger partial charge in [-0.2, -0.15) is 0 Å². The minimum Gasteiger partial charge on any atom is -0.311 e. The van der Waals surface area contributed by atoms with Gasteiger partial charge in [0.1, 0.15) is 5.02 Å². The molecule has 0 aliphatic rings. The molecule has 0 saturated heterocycles. The van der Waals surface area contributed by atoms with Crippen LogP contribution in [0.4, 0.5) is 5.69 Å². The van der Waals surface area contributed by atoms with Gasteiger partial charge in [0.2, 0.25) is 0 Å². The fourth-order valence-corrected chi connectivity index (χ4v) is 2.01. The molecule has 1 aromatic carbocycles. The van der Waals surface area contributed by atoms with Crippen molar-refractivity contribution in [3.8, 4) is 0 Å². The van der Waals surface area contributed by atoms with Gasteiger partial charge in [-0.1, -0.05) is 11.6 Å². The van der Waals surface area contributed by atoms with Crippen LogP contribution in [-0.4, -0.2) is 9.49 Å². The topological polar surface area (TPSA) is 65.1 Å². The fraction of sp³-hybridized carbons (Fsp3) is 0.182. The van der Waals surface area contributed by atoms with Gasteiger partial charge >= 0.3 is 0 Å². The van der Waals surface area contributed by atoms with Crippen LogP contribution >= 0.6 is 11.6 Å². The van der Waals surface area contributed by atoms with E-state index in [1.165, 1.54) is 16.7 Å². The Balaban J connectivity index is 2.93. The average Bonchev–Trinajstić information content (AvgIpc) is 2.26. The summed E-state index contributed by atoms with van der Waals surface area (Å²) in [5.41, 5.74) is 0.826. The molecule has 0 unspecified atom stereocenters. The third-order valence-corrected chi connectivity index (χ3v) is 2.97. The van der Waals surface area contributed by atoms with E-state index in [9.17, 15) is 14.9 Å². The molecule has 88 valence electrons. The van der Waals surface area contributed by atoms with Crippen molar-refractivity contribution in [2.45, 2.75) is 6.92 Å². The van der Waals surface area contributed by atoms with Crippen molar-refractivity contribution in [2.75, 3.05) is 0 Å². The Kier molecular flexibility index (Phi) is 2.63. The Morgan fingerprint density at radius 2 is 2.00 bits per heavy atom. The maximum Gasteiger partial charge on any atom is 0.288 e. The molecule has 0 aliphatic heterocycles. The molecule has 0 atom stereocenters. The Labute approximate surface area is 101 Å². The summed E-state index contributed by atoms with van der Waals surface area (Å²) in [4.78, 5) is 21.9. The van der Waals surface area contributed by atoms with Gasteiger partial charge in [0.05, 0.1) is 10.4 Å². The number of aromatic nitrogens is 1. The molecule has 17 heavy (non-hydrogen) atoms. The predicted molar refractivity (Wildman–Crippen MR) is 65.6 cm³/mol. The average molecular weight is 253 g/mol.